The van der Waals surface area contributed by atoms with E-state index in [2.05, 4.69) is 17.6 Å². The van der Waals surface area contributed by atoms with Gasteiger partial charge >= 0.3 is 5.97 Å². The summed E-state index contributed by atoms with van der Waals surface area (Å²) in [6.07, 6.45) is 5.70. The third-order valence-corrected chi connectivity index (χ3v) is 7.54. The molecule has 0 saturated carbocycles. The molecule has 6 rings (SSSR count). The molecule has 1 unspecified atom stereocenters. The zero-order chi connectivity index (χ0) is 23.7. The second-order valence-corrected chi connectivity index (χ2v) is 9.24. The molecule has 5 atom stereocenters. The summed E-state index contributed by atoms with van der Waals surface area (Å²) in [5.74, 6) is 2.22. The topological polar surface area (TPSA) is 62.1 Å². The fourth-order valence-electron chi connectivity index (χ4n) is 5.69. The molecule has 0 radical (unpaired) electrons. The summed E-state index contributed by atoms with van der Waals surface area (Å²) in [6, 6.07) is 15.1. The highest BCUT2D eigenvalue weighted by Gasteiger charge is 2.47. The third kappa shape index (κ3) is 4.14. The van der Waals surface area contributed by atoms with E-state index in [0.717, 1.165) is 41.7 Å². The van der Waals surface area contributed by atoms with Gasteiger partial charge in [0, 0.05) is 35.9 Å². The molecule has 1 N–H and O–H groups in total. The van der Waals surface area contributed by atoms with Crippen LogP contribution in [0.1, 0.15) is 34.9 Å². The molecule has 0 aliphatic carbocycles. The van der Waals surface area contributed by atoms with Gasteiger partial charge < -0.3 is 19.1 Å². The summed E-state index contributed by atoms with van der Waals surface area (Å²) in [7, 11) is 3.27. The van der Waals surface area contributed by atoms with Crippen molar-refractivity contribution in [2.24, 2.45) is 11.8 Å². The lowest BCUT2D eigenvalue weighted by atomic mass is 9.73. The van der Waals surface area contributed by atoms with Crippen molar-refractivity contribution in [1.82, 2.24) is 4.98 Å². The maximum absolute atomic E-state index is 13.3. The fourth-order valence-corrected chi connectivity index (χ4v) is 5.69. The molecule has 176 valence electrons. The number of hydrogen-bond acceptors (Lipinski definition) is 5. The summed E-state index contributed by atoms with van der Waals surface area (Å²) in [4.78, 5) is 19.4. The van der Waals surface area contributed by atoms with Gasteiger partial charge in [0.1, 0.15) is 17.5 Å². The van der Waals surface area contributed by atoms with E-state index in [4.69, 9.17) is 14.2 Å². The number of pyridine rings is 1. The molecule has 0 spiro atoms. The van der Waals surface area contributed by atoms with E-state index >= 15 is 0 Å². The second kappa shape index (κ2) is 9.47. The van der Waals surface area contributed by atoms with Gasteiger partial charge in [-0.15, -0.1) is 6.58 Å². The molecule has 34 heavy (non-hydrogen) atoms. The van der Waals surface area contributed by atoms with E-state index in [9.17, 15) is 4.79 Å². The van der Waals surface area contributed by atoms with Crippen molar-refractivity contribution in [2.45, 2.75) is 25.0 Å². The zero-order valence-corrected chi connectivity index (χ0v) is 19.7. The Morgan fingerprint density at radius 3 is 2.56 bits per heavy atom. The molecule has 4 heterocycles. The van der Waals surface area contributed by atoms with Crippen LogP contribution in [-0.4, -0.2) is 44.3 Å². The lowest BCUT2D eigenvalue weighted by Gasteiger charge is -2.48. The van der Waals surface area contributed by atoms with Crippen molar-refractivity contribution in [3.05, 3.63) is 78.5 Å². The number of benzene rings is 2. The average Bonchev–Trinajstić information content (AvgIpc) is 2.91. The Labute approximate surface area is 200 Å². The smallest absolute Gasteiger partial charge is 0.338 e. The lowest BCUT2D eigenvalue weighted by Crippen LogP contribution is -3.20. The number of ether oxygens (including phenoxy) is 3. The Kier molecular flexibility index (Phi) is 6.24. The number of nitrogens with one attached hydrogen (secondary N) is 1. The molecule has 3 aliphatic rings. The predicted molar refractivity (Wildman–Crippen MR) is 130 cm³/mol. The van der Waals surface area contributed by atoms with Crippen molar-refractivity contribution in [1.29, 1.82) is 0 Å². The van der Waals surface area contributed by atoms with Gasteiger partial charge in [-0.05, 0) is 54.4 Å². The second-order valence-electron chi connectivity index (χ2n) is 9.24. The van der Waals surface area contributed by atoms with Gasteiger partial charge in [-0.3, -0.25) is 4.98 Å². The first-order chi connectivity index (χ1) is 16.6. The maximum atomic E-state index is 13.3. The van der Waals surface area contributed by atoms with E-state index in [1.807, 2.05) is 24.3 Å². The van der Waals surface area contributed by atoms with Crippen LogP contribution in [0, 0.1) is 11.8 Å². The van der Waals surface area contributed by atoms with E-state index in [1.165, 1.54) is 11.3 Å². The molecule has 6 nitrogen and oxygen atoms in total. The number of piperidine rings is 3. The predicted octanol–water partition coefficient (Wildman–Crippen LogP) is 3.63. The van der Waals surface area contributed by atoms with Gasteiger partial charge in [0.05, 0.1) is 38.4 Å². The molecule has 3 saturated heterocycles. The maximum Gasteiger partial charge on any atom is 0.338 e. The largest absolute Gasteiger partial charge is 0.497 e. The molecule has 6 heteroatoms. The van der Waals surface area contributed by atoms with Crippen molar-refractivity contribution in [3.63, 3.8) is 0 Å². The first kappa shape index (κ1) is 22.4. The highest BCUT2D eigenvalue weighted by Crippen LogP contribution is 2.37. The number of esters is 1. The Balaban J connectivity index is 1.54. The van der Waals surface area contributed by atoms with Crippen molar-refractivity contribution < 1.29 is 23.9 Å². The molecule has 3 aromatic rings. The van der Waals surface area contributed by atoms with Crippen LogP contribution >= 0.6 is 0 Å². The number of carbonyl (C=O) groups excluding carboxylic acids is 1. The molecule has 2 bridgehead atoms. The summed E-state index contributed by atoms with van der Waals surface area (Å²) in [6.45, 7) is 6.18. The molecule has 0 amide bonds. The number of hydrogen-bond donors (Lipinski definition) is 1. The van der Waals surface area contributed by atoms with Gasteiger partial charge in [0.25, 0.3) is 0 Å². The Bertz CT molecular complexity index is 1190. The number of fused-ring (bicyclic) bond motifs is 4. The number of methoxy groups -OCH3 is 2. The fraction of sp³-hybridized carbons (Fsp3) is 0.357. The average molecular weight is 460 g/mol. The summed E-state index contributed by atoms with van der Waals surface area (Å²) < 4.78 is 17.1. The van der Waals surface area contributed by atoms with E-state index in [-0.39, 0.29) is 12.0 Å². The van der Waals surface area contributed by atoms with E-state index in [0.29, 0.717) is 23.1 Å². The highest BCUT2D eigenvalue weighted by atomic mass is 16.5. The molecular formula is C28H31N2O4+. The Morgan fingerprint density at radius 2 is 1.88 bits per heavy atom. The minimum atomic E-state index is -0.393. The normalized spacial score (nSPS) is 24.4. The number of quaternary nitrogens is 1. The highest BCUT2D eigenvalue weighted by molar-refractivity contribution is 5.90. The van der Waals surface area contributed by atoms with Crippen LogP contribution < -0.4 is 14.4 Å². The van der Waals surface area contributed by atoms with Crippen molar-refractivity contribution in [2.75, 3.05) is 27.3 Å². The van der Waals surface area contributed by atoms with Crippen LogP contribution in [-0.2, 0) is 4.74 Å². The summed E-state index contributed by atoms with van der Waals surface area (Å²) >= 11 is 0. The van der Waals surface area contributed by atoms with Crippen LogP contribution in [0.15, 0.2) is 67.4 Å². The quantitative estimate of drug-likeness (QED) is 0.432. The minimum Gasteiger partial charge on any atom is -0.497 e. The van der Waals surface area contributed by atoms with E-state index in [1.54, 1.807) is 44.7 Å². The van der Waals surface area contributed by atoms with Gasteiger partial charge in [0.15, 0.2) is 6.10 Å². The Morgan fingerprint density at radius 1 is 1.12 bits per heavy atom. The SMILES string of the molecule is C=C[C@H]1C[NH+]2CC[C@@H]1C[C@@H]2[C@H](OC(=O)c1ccc(OC)cc1)c1ccnc2ccc(OC)cc12. The van der Waals surface area contributed by atoms with Crippen LogP contribution in [0.3, 0.4) is 0 Å². The number of rotatable bonds is 7. The monoisotopic (exact) mass is 459 g/mol. The standard InChI is InChI=1S/C28H30N2O4/c1-4-18-17-30-14-12-20(18)15-26(30)27(34-28(31)19-5-7-21(32-2)8-6-19)23-11-13-29-25-10-9-22(33-3)16-24(23)25/h4-11,13,16,18,20,26-27H,1,12,14-15,17H2,2-3H3/p+1/t18-,20+,26+,27+/m0/s1. The summed E-state index contributed by atoms with van der Waals surface area (Å²) in [5, 5.41) is 0.955. The van der Waals surface area contributed by atoms with Crippen LogP contribution in [0.5, 0.6) is 11.5 Å². The number of carbonyl (C=O) groups is 1. The van der Waals surface area contributed by atoms with Crippen molar-refractivity contribution >= 4 is 16.9 Å². The third-order valence-electron chi connectivity index (χ3n) is 7.54. The molecule has 3 aliphatic heterocycles. The van der Waals surface area contributed by atoms with Gasteiger partial charge in [-0.25, -0.2) is 4.79 Å². The van der Waals surface area contributed by atoms with Gasteiger partial charge in [-0.2, -0.15) is 0 Å². The minimum absolute atomic E-state index is 0.175. The first-order valence-electron chi connectivity index (χ1n) is 11.9. The Hall–Kier alpha value is -3.38. The molecule has 1 aromatic heterocycles. The zero-order valence-electron chi connectivity index (χ0n) is 19.7. The molecule has 3 fully saturated rings. The molecular weight excluding hydrogens is 428 g/mol. The number of nitrogens with zero attached hydrogens (tertiary/aromatic N) is 1. The van der Waals surface area contributed by atoms with Gasteiger partial charge in [0.2, 0.25) is 0 Å². The van der Waals surface area contributed by atoms with Gasteiger partial charge in [-0.1, -0.05) is 6.08 Å². The van der Waals surface area contributed by atoms with Crippen LogP contribution in [0.2, 0.25) is 0 Å². The van der Waals surface area contributed by atoms with E-state index < -0.39 is 6.10 Å². The lowest BCUT2D eigenvalue weighted by molar-refractivity contribution is -0.949. The first-order valence-corrected chi connectivity index (χ1v) is 11.9. The van der Waals surface area contributed by atoms with Crippen LogP contribution in [0.25, 0.3) is 10.9 Å². The van der Waals surface area contributed by atoms with Crippen LogP contribution in [0.4, 0.5) is 0 Å². The summed E-state index contributed by atoms with van der Waals surface area (Å²) in [5.41, 5.74) is 2.35. The number of aromatic nitrogens is 1. The molecule has 2 aromatic carbocycles. The van der Waals surface area contributed by atoms with Crippen molar-refractivity contribution in [3.8, 4) is 11.5 Å².